The lowest BCUT2D eigenvalue weighted by atomic mass is 10.1. The predicted molar refractivity (Wildman–Crippen MR) is 76.9 cm³/mol. The van der Waals surface area contributed by atoms with Crippen molar-refractivity contribution in [3.63, 3.8) is 0 Å². The molecule has 20 heavy (non-hydrogen) atoms. The number of aromatic nitrogens is 3. The van der Waals surface area contributed by atoms with Crippen LogP contribution in [-0.2, 0) is 6.54 Å². The summed E-state index contributed by atoms with van der Waals surface area (Å²) >= 11 is 0. The molecule has 0 atom stereocenters. The lowest BCUT2D eigenvalue weighted by Gasteiger charge is -2.05. The van der Waals surface area contributed by atoms with Gasteiger partial charge in [-0.25, -0.2) is 9.97 Å². The average Bonchev–Trinajstić information content (AvgIpc) is 2.78. The quantitative estimate of drug-likeness (QED) is 0.768. The van der Waals surface area contributed by atoms with Gasteiger partial charge >= 0.3 is 0 Å². The Balaban J connectivity index is 2.13. The number of nitrogens with two attached hydrogens (primary N) is 1. The third-order valence-corrected chi connectivity index (χ3v) is 3.24. The standard InChI is InChI=1S/C15H13N5/c1-10-3-2-4-11(5-10)7-20-8-12(6-16)13-14(17)18-9-19-15(13)20/h2-5,8-9H,7H2,1H3,(H2,17,18,19). The summed E-state index contributed by atoms with van der Waals surface area (Å²) in [6.45, 7) is 2.70. The van der Waals surface area contributed by atoms with Crippen molar-refractivity contribution >= 4 is 16.9 Å². The van der Waals surface area contributed by atoms with Gasteiger partial charge in [0.05, 0.1) is 10.9 Å². The molecule has 5 heteroatoms. The number of fused-ring (bicyclic) bond motifs is 1. The largest absolute Gasteiger partial charge is 0.383 e. The van der Waals surface area contributed by atoms with E-state index in [9.17, 15) is 5.26 Å². The van der Waals surface area contributed by atoms with E-state index in [0.717, 1.165) is 5.56 Å². The predicted octanol–water partition coefficient (Wildman–Crippen LogP) is 2.24. The van der Waals surface area contributed by atoms with Crippen molar-refractivity contribution in [3.8, 4) is 6.07 Å². The number of benzene rings is 1. The number of hydrogen-bond donors (Lipinski definition) is 1. The lowest BCUT2D eigenvalue weighted by Crippen LogP contribution is -2.00. The third kappa shape index (κ3) is 1.97. The number of nitrogens with zero attached hydrogens (tertiary/aromatic N) is 4. The van der Waals surface area contributed by atoms with E-state index < -0.39 is 0 Å². The van der Waals surface area contributed by atoms with Crippen LogP contribution >= 0.6 is 0 Å². The van der Waals surface area contributed by atoms with Crippen molar-refractivity contribution in [1.82, 2.24) is 14.5 Å². The van der Waals surface area contributed by atoms with Crippen molar-refractivity contribution in [1.29, 1.82) is 5.26 Å². The van der Waals surface area contributed by atoms with Gasteiger partial charge in [0.25, 0.3) is 0 Å². The molecule has 0 aliphatic heterocycles. The Hall–Kier alpha value is -2.87. The first-order valence-corrected chi connectivity index (χ1v) is 6.24. The fourth-order valence-corrected chi connectivity index (χ4v) is 2.36. The molecule has 0 aliphatic carbocycles. The van der Waals surface area contributed by atoms with Crippen molar-refractivity contribution in [2.75, 3.05) is 5.73 Å². The highest BCUT2D eigenvalue weighted by Crippen LogP contribution is 2.23. The van der Waals surface area contributed by atoms with Crippen LogP contribution in [0.1, 0.15) is 16.7 Å². The van der Waals surface area contributed by atoms with E-state index in [-0.39, 0.29) is 0 Å². The smallest absolute Gasteiger partial charge is 0.147 e. The molecule has 0 saturated heterocycles. The van der Waals surface area contributed by atoms with Gasteiger partial charge < -0.3 is 10.3 Å². The average molecular weight is 263 g/mol. The highest BCUT2D eigenvalue weighted by Gasteiger charge is 2.13. The van der Waals surface area contributed by atoms with Crippen LogP contribution in [0.25, 0.3) is 11.0 Å². The SMILES string of the molecule is Cc1cccc(Cn2cc(C#N)c3c(N)ncnc32)c1. The number of hydrogen-bond acceptors (Lipinski definition) is 4. The van der Waals surface area contributed by atoms with Crippen LogP contribution < -0.4 is 5.73 Å². The molecule has 0 fully saturated rings. The second kappa shape index (κ2) is 4.67. The Labute approximate surface area is 116 Å². The molecular weight excluding hydrogens is 250 g/mol. The van der Waals surface area contributed by atoms with E-state index in [1.54, 1.807) is 6.20 Å². The van der Waals surface area contributed by atoms with Crippen LogP contribution in [-0.4, -0.2) is 14.5 Å². The van der Waals surface area contributed by atoms with E-state index in [0.29, 0.717) is 29.0 Å². The summed E-state index contributed by atoms with van der Waals surface area (Å²) in [6.07, 6.45) is 3.20. The third-order valence-electron chi connectivity index (χ3n) is 3.24. The van der Waals surface area contributed by atoms with Gasteiger partial charge in [0.2, 0.25) is 0 Å². The van der Waals surface area contributed by atoms with Crippen LogP contribution in [0.3, 0.4) is 0 Å². The number of aryl methyl sites for hydroxylation is 1. The van der Waals surface area contributed by atoms with Gasteiger partial charge in [0.1, 0.15) is 23.9 Å². The van der Waals surface area contributed by atoms with Gasteiger partial charge in [-0.05, 0) is 12.5 Å². The molecule has 1 aromatic carbocycles. The molecule has 0 radical (unpaired) electrons. The molecule has 0 unspecified atom stereocenters. The van der Waals surface area contributed by atoms with Crippen LogP contribution in [0, 0.1) is 18.3 Å². The fourth-order valence-electron chi connectivity index (χ4n) is 2.36. The minimum atomic E-state index is 0.342. The van der Waals surface area contributed by atoms with Crippen molar-refractivity contribution < 1.29 is 0 Å². The minimum Gasteiger partial charge on any atom is -0.383 e. The summed E-state index contributed by atoms with van der Waals surface area (Å²) in [7, 11) is 0. The first kappa shape index (κ1) is 12.2. The molecule has 2 heterocycles. The Morgan fingerprint density at radius 2 is 2.20 bits per heavy atom. The molecule has 0 aliphatic rings. The molecule has 98 valence electrons. The second-order valence-corrected chi connectivity index (χ2v) is 4.73. The van der Waals surface area contributed by atoms with Gasteiger partial charge in [-0.2, -0.15) is 5.26 Å². The first-order chi connectivity index (χ1) is 9.69. The summed E-state index contributed by atoms with van der Waals surface area (Å²) in [5.74, 6) is 0.342. The van der Waals surface area contributed by atoms with E-state index in [2.05, 4.69) is 41.2 Å². The molecule has 0 bridgehead atoms. The molecule has 0 saturated carbocycles. The van der Waals surface area contributed by atoms with Crippen molar-refractivity contribution in [2.45, 2.75) is 13.5 Å². The summed E-state index contributed by atoms with van der Waals surface area (Å²) in [4.78, 5) is 8.20. The molecule has 2 aromatic heterocycles. The Bertz CT molecular complexity index is 826. The monoisotopic (exact) mass is 263 g/mol. The van der Waals surface area contributed by atoms with Gasteiger partial charge in [0, 0.05) is 12.7 Å². The second-order valence-electron chi connectivity index (χ2n) is 4.73. The molecule has 0 spiro atoms. The van der Waals surface area contributed by atoms with Gasteiger partial charge in [-0.15, -0.1) is 0 Å². The zero-order chi connectivity index (χ0) is 14.1. The number of anilines is 1. The highest BCUT2D eigenvalue weighted by atomic mass is 15.1. The maximum absolute atomic E-state index is 9.21. The molecule has 5 nitrogen and oxygen atoms in total. The maximum Gasteiger partial charge on any atom is 0.147 e. The topological polar surface area (TPSA) is 80.5 Å². The van der Waals surface area contributed by atoms with Crippen LogP contribution in [0.2, 0.25) is 0 Å². The molecule has 3 rings (SSSR count). The zero-order valence-corrected chi connectivity index (χ0v) is 11.0. The molecule has 3 aromatic rings. The van der Waals surface area contributed by atoms with Crippen LogP contribution in [0.4, 0.5) is 5.82 Å². The lowest BCUT2D eigenvalue weighted by molar-refractivity contribution is 0.822. The van der Waals surface area contributed by atoms with E-state index in [1.807, 2.05) is 10.6 Å². The summed E-state index contributed by atoms with van der Waals surface area (Å²) in [5, 5.41) is 9.84. The van der Waals surface area contributed by atoms with E-state index in [1.165, 1.54) is 11.9 Å². The number of nitriles is 1. The Morgan fingerprint density at radius 1 is 1.35 bits per heavy atom. The van der Waals surface area contributed by atoms with Crippen LogP contribution in [0.15, 0.2) is 36.8 Å². The van der Waals surface area contributed by atoms with E-state index in [4.69, 9.17) is 5.73 Å². The van der Waals surface area contributed by atoms with Gasteiger partial charge in [0.15, 0.2) is 0 Å². The summed E-state index contributed by atoms with van der Waals surface area (Å²) in [6, 6.07) is 10.4. The summed E-state index contributed by atoms with van der Waals surface area (Å²) < 4.78 is 1.93. The fraction of sp³-hybridized carbons (Fsp3) is 0.133. The van der Waals surface area contributed by atoms with Crippen molar-refractivity contribution in [2.24, 2.45) is 0 Å². The first-order valence-electron chi connectivity index (χ1n) is 6.24. The Morgan fingerprint density at radius 3 is 2.95 bits per heavy atom. The maximum atomic E-state index is 9.21. The van der Waals surface area contributed by atoms with Crippen LogP contribution in [0.5, 0.6) is 0 Å². The van der Waals surface area contributed by atoms with Crippen molar-refractivity contribution in [3.05, 3.63) is 53.5 Å². The van der Waals surface area contributed by atoms with Gasteiger partial charge in [-0.3, -0.25) is 0 Å². The Kier molecular flexibility index (Phi) is 2.84. The molecule has 2 N–H and O–H groups in total. The molecule has 0 amide bonds. The number of nitrogen functional groups attached to an aromatic ring is 1. The normalized spacial score (nSPS) is 10.6. The van der Waals surface area contributed by atoms with Gasteiger partial charge in [-0.1, -0.05) is 29.8 Å². The molecular formula is C15H13N5. The zero-order valence-electron chi connectivity index (χ0n) is 11.0. The summed E-state index contributed by atoms with van der Waals surface area (Å²) in [5.41, 5.74) is 9.40. The van der Waals surface area contributed by atoms with E-state index >= 15 is 0 Å². The highest BCUT2D eigenvalue weighted by molar-refractivity contribution is 5.91. The number of rotatable bonds is 2. The minimum absolute atomic E-state index is 0.342.